The lowest BCUT2D eigenvalue weighted by Crippen LogP contribution is -2.03. The number of hydrogen-bond donors (Lipinski definition) is 1. The summed E-state index contributed by atoms with van der Waals surface area (Å²) in [6.45, 7) is 2.98. The van der Waals surface area contributed by atoms with Crippen molar-refractivity contribution in [3.05, 3.63) is 70.9 Å². The average Bonchev–Trinajstić information content (AvgIpc) is 2.55. The minimum Gasteiger partial charge on any atom is -0.380 e. The molecule has 3 heteroatoms. The number of benzene rings is 2. The molecule has 0 fully saturated rings. The molecule has 2 nitrogen and oxygen atoms in total. The monoisotopic (exact) mass is 296 g/mol. The van der Waals surface area contributed by atoms with Crippen molar-refractivity contribution < 1.29 is 0 Å². The molecule has 0 aliphatic carbocycles. The minimum atomic E-state index is 0.685. The molecule has 0 saturated carbocycles. The van der Waals surface area contributed by atoms with Crippen molar-refractivity contribution in [2.45, 2.75) is 19.9 Å². The summed E-state index contributed by atoms with van der Waals surface area (Å²) < 4.78 is 0. The normalized spacial score (nSPS) is 10.8. The second-order valence-electron chi connectivity index (χ2n) is 4.97. The Labute approximate surface area is 129 Å². The van der Waals surface area contributed by atoms with Crippen LogP contribution in [0.1, 0.15) is 18.1 Å². The van der Waals surface area contributed by atoms with Gasteiger partial charge < -0.3 is 5.32 Å². The van der Waals surface area contributed by atoms with Gasteiger partial charge in [0.2, 0.25) is 0 Å². The van der Waals surface area contributed by atoms with E-state index in [9.17, 15) is 0 Å². The fourth-order valence-corrected chi connectivity index (χ4v) is 2.77. The lowest BCUT2D eigenvalue weighted by atomic mass is 10.1. The highest BCUT2D eigenvalue weighted by atomic mass is 35.5. The molecule has 0 spiro atoms. The van der Waals surface area contributed by atoms with E-state index in [1.807, 2.05) is 24.3 Å². The Balaban J connectivity index is 1.91. The summed E-state index contributed by atoms with van der Waals surface area (Å²) in [4.78, 5) is 4.36. The van der Waals surface area contributed by atoms with Gasteiger partial charge in [0, 0.05) is 23.8 Å². The smallest absolute Gasteiger partial charge is 0.0908 e. The van der Waals surface area contributed by atoms with Crippen LogP contribution < -0.4 is 5.32 Å². The van der Waals surface area contributed by atoms with Crippen molar-refractivity contribution in [2.75, 3.05) is 5.32 Å². The maximum absolute atomic E-state index is 6.20. The molecule has 21 heavy (non-hydrogen) atoms. The van der Waals surface area contributed by atoms with Crippen molar-refractivity contribution in [1.29, 1.82) is 0 Å². The van der Waals surface area contributed by atoms with Crippen molar-refractivity contribution in [3.63, 3.8) is 0 Å². The molecule has 0 atom stereocenters. The maximum atomic E-state index is 6.20. The number of pyridine rings is 1. The summed E-state index contributed by atoms with van der Waals surface area (Å²) in [5.74, 6) is 0. The van der Waals surface area contributed by atoms with Gasteiger partial charge in [-0.3, -0.25) is 4.98 Å². The number of fused-ring (bicyclic) bond motifs is 1. The van der Waals surface area contributed by atoms with Crippen LogP contribution in [0.3, 0.4) is 0 Å². The Morgan fingerprint density at radius 1 is 1.00 bits per heavy atom. The SMILES string of the molecule is CCc1ccccc1CNc1ccc(Cl)c2ncccc12. The minimum absolute atomic E-state index is 0.685. The third-order valence-corrected chi connectivity index (χ3v) is 3.99. The van der Waals surface area contributed by atoms with E-state index in [1.54, 1.807) is 6.20 Å². The molecule has 106 valence electrons. The first-order valence-corrected chi connectivity index (χ1v) is 7.51. The fraction of sp³-hybridized carbons (Fsp3) is 0.167. The molecule has 0 bridgehead atoms. The van der Waals surface area contributed by atoms with E-state index in [2.05, 4.69) is 41.5 Å². The van der Waals surface area contributed by atoms with E-state index in [4.69, 9.17) is 11.6 Å². The summed E-state index contributed by atoms with van der Waals surface area (Å²) in [6, 6.07) is 16.4. The molecule has 1 N–H and O–H groups in total. The second-order valence-corrected chi connectivity index (χ2v) is 5.38. The first-order valence-electron chi connectivity index (χ1n) is 7.13. The number of aryl methyl sites for hydroxylation is 1. The highest BCUT2D eigenvalue weighted by Crippen LogP contribution is 2.28. The zero-order valence-corrected chi connectivity index (χ0v) is 12.7. The summed E-state index contributed by atoms with van der Waals surface area (Å²) >= 11 is 6.20. The average molecular weight is 297 g/mol. The maximum Gasteiger partial charge on any atom is 0.0908 e. The first-order chi connectivity index (χ1) is 10.3. The largest absolute Gasteiger partial charge is 0.380 e. The van der Waals surface area contributed by atoms with Crippen molar-refractivity contribution in [2.24, 2.45) is 0 Å². The third kappa shape index (κ3) is 2.86. The molecule has 0 aliphatic rings. The molecular formula is C18H17ClN2. The van der Waals surface area contributed by atoms with E-state index >= 15 is 0 Å². The molecule has 1 aromatic heterocycles. The van der Waals surface area contributed by atoms with Crippen molar-refractivity contribution in [1.82, 2.24) is 4.98 Å². The van der Waals surface area contributed by atoms with E-state index < -0.39 is 0 Å². The van der Waals surface area contributed by atoms with Gasteiger partial charge in [0.05, 0.1) is 10.5 Å². The predicted molar refractivity (Wildman–Crippen MR) is 89.9 cm³/mol. The van der Waals surface area contributed by atoms with Crippen LogP contribution in [0.25, 0.3) is 10.9 Å². The van der Waals surface area contributed by atoms with Gasteiger partial charge in [-0.25, -0.2) is 0 Å². The van der Waals surface area contributed by atoms with Crippen LogP contribution in [0.15, 0.2) is 54.7 Å². The van der Waals surface area contributed by atoms with E-state index in [0.717, 1.165) is 29.6 Å². The number of nitrogens with zero attached hydrogens (tertiary/aromatic N) is 1. The quantitative estimate of drug-likeness (QED) is 0.727. The van der Waals surface area contributed by atoms with Gasteiger partial charge in [-0.05, 0) is 41.8 Å². The molecule has 0 aliphatic heterocycles. The standard InChI is InChI=1S/C18H17ClN2/c1-2-13-6-3-4-7-14(13)12-21-17-10-9-16(19)18-15(17)8-5-11-20-18/h3-11,21H,2,12H2,1H3. The van der Waals surface area contributed by atoms with Crippen LogP contribution >= 0.6 is 11.6 Å². The molecule has 2 aromatic carbocycles. The summed E-state index contributed by atoms with van der Waals surface area (Å²) in [5, 5.41) is 5.25. The van der Waals surface area contributed by atoms with Crippen molar-refractivity contribution in [3.8, 4) is 0 Å². The number of halogens is 1. The van der Waals surface area contributed by atoms with Gasteiger partial charge in [0.25, 0.3) is 0 Å². The van der Waals surface area contributed by atoms with E-state index in [-0.39, 0.29) is 0 Å². The summed E-state index contributed by atoms with van der Waals surface area (Å²) in [5.41, 5.74) is 4.61. The molecular weight excluding hydrogens is 280 g/mol. The lowest BCUT2D eigenvalue weighted by molar-refractivity contribution is 1.05. The Morgan fingerprint density at radius 2 is 1.81 bits per heavy atom. The van der Waals surface area contributed by atoms with Gasteiger partial charge in [-0.1, -0.05) is 42.8 Å². The zero-order valence-electron chi connectivity index (χ0n) is 11.9. The Morgan fingerprint density at radius 3 is 2.62 bits per heavy atom. The lowest BCUT2D eigenvalue weighted by Gasteiger charge is -2.12. The van der Waals surface area contributed by atoms with Gasteiger partial charge in [-0.15, -0.1) is 0 Å². The van der Waals surface area contributed by atoms with Gasteiger partial charge >= 0.3 is 0 Å². The number of rotatable bonds is 4. The van der Waals surface area contributed by atoms with Crippen LogP contribution in [-0.4, -0.2) is 4.98 Å². The van der Waals surface area contributed by atoms with Gasteiger partial charge in [0.15, 0.2) is 0 Å². The summed E-state index contributed by atoms with van der Waals surface area (Å²) in [6.07, 6.45) is 2.81. The predicted octanol–water partition coefficient (Wildman–Crippen LogP) is 5.06. The first kappa shape index (κ1) is 13.9. The molecule has 3 rings (SSSR count). The highest BCUT2D eigenvalue weighted by Gasteiger charge is 2.06. The van der Waals surface area contributed by atoms with E-state index in [1.165, 1.54) is 11.1 Å². The van der Waals surface area contributed by atoms with Crippen molar-refractivity contribution >= 4 is 28.2 Å². The van der Waals surface area contributed by atoms with Gasteiger partial charge in [0.1, 0.15) is 0 Å². The number of anilines is 1. The molecule has 3 aromatic rings. The van der Waals surface area contributed by atoms with Crippen LogP contribution in [-0.2, 0) is 13.0 Å². The molecule has 0 amide bonds. The van der Waals surface area contributed by atoms with Crippen LogP contribution in [0.2, 0.25) is 5.02 Å². The summed E-state index contributed by atoms with van der Waals surface area (Å²) in [7, 11) is 0. The van der Waals surface area contributed by atoms with Crippen LogP contribution in [0, 0.1) is 0 Å². The third-order valence-electron chi connectivity index (χ3n) is 3.69. The Hall–Kier alpha value is -2.06. The molecule has 0 unspecified atom stereocenters. The number of nitrogens with one attached hydrogen (secondary N) is 1. The number of aromatic nitrogens is 1. The van der Waals surface area contributed by atoms with Crippen LogP contribution in [0.4, 0.5) is 5.69 Å². The highest BCUT2D eigenvalue weighted by molar-refractivity contribution is 6.35. The van der Waals surface area contributed by atoms with Crippen LogP contribution in [0.5, 0.6) is 0 Å². The molecule has 1 heterocycles. The zero-order chi connectivity index (χ0) is 14.7. The van der Waals surface area contributed by atoms with E-state index in [0.29, 0.717) is 5.02 Å². The fourth-order valence-electron chi connectivity index (χ4n) is 2.56. The topological polar surface area (TPSA) is 24.9 Å². The second kappa shape index (κ2) is 6.15. The van der Waals surface area contributed by atoms with Gasteiger partial charge in [-0.2, -0.15) is 0 Å². The molecule has 0 radical (unpaired) electrons. The Kier molecular flexibility index (Phi) is 4.07. The number of hydrogen-bond acceptors (Lipinski definition) is 2. The molecule has 0 saturated heterocycles. The Bertz CT molecular complexity index is 768.